The maximum Gasteiger partial charge on any atom is 0.433 e. The Morgan fingerprint density at radius 3 is 2.67 bits per heavy atom. The third-order valence-electron chi connectivity index (χ3n) is 5.62. The molecule has 0 N–H and O–H groups in total. The lowest BCUT2D eigenvalue weighted by Gasteiger charge is -2.06. The fraction of sp³-hybridized carbons (Fsp3) is 0.238. The summed E-state index contributed by atoms with van der Waals surface area (Å²) in [6.07, 6.45) is -1.92. The van der Waals surface area contributed by atoms with Crippen molar-refractivity contribution >= 4 is 37.4 Å². The number of aromatic nitrogens is 5. The van der Waals surface area contributed by atoms with Gasteiger partial charge >= 0.3 is 6.18 Å². The molecule has 0 spiro atoms. The summed E-state index contributed by atoms with van der Waals surface area (Å²) in [5.41, 5.74) is 2.12. The molecule has 5 nitrogen and oxygen atoms in total. The maximum absolute atomic E-state index is 13.2. The summed E-state index contributed by atoms with van der Waals surface area (Å²) in [5, 5.41) is 5.24. The highest BCUT2D eigenvalue weighted by atomic mass is 32.1. The average molecular weight is 425 g/mol. The van der Waals surface area contributed by atoms with E-state index in [1.54, 1.807) is 17.8 Å². The van der Waals surface area contributed by atoms with Gasteiger partial charge in [0.15, 0.2) is 11.5 Å². The van der Waals surface area contributed by atoms with E-state index in [9.17, 15) is 13.2 Å². The van der Waals surface area contributed by atoms with E-state index in [1.165, 1.54) is 16.9 Å². The summed E-state index contributed by atoms with van der Waals surface area (Å²) in [6, 6.07) is 11.3. The molecule has 1 aliphatic carbocycles. The van der Waals surface area contributed by atoms with Gasteiger partial charge in [0, 0.05) is 11.3 Å². The van der Waals surface area contributed by atoms with Crippen molar-refractivity contribution in [2.24, 2.45) is 0 Å². The lowest BCUT2D eigenvalue weighted by Crippen LogP contribution is -2.07. The second kappa shape index (κ2) is 5.98. The molecule has 0 amide bonds. The van der Waals surface area contributed by atoms with Crippen LogP contribution < -0.4 is 0 Å². The lowest BCUT2D eigenvalue weighted by atomic mass is 10.1. The molecule has 0 radical (unpaired) electrons. The first-order valence-corrected chi connectivity index (χ1v) is 10.3. The molecule has 1 aromatic carbocycles. The van der Waals surface area contributed by atoms with Crippen molar-refractivity contribution in [2.75, 3.05) is 0 Å². The normalized spacial score (nSPS) is 19.2. The van der Waals surface area contributed by atoms with Crippen LogP contribution in [0, 0.1) is 6.92 Å². The van der Waals surface area contributed by atoms with Crippen LogP contribution in [0.2, 0.25) is 0 Å². The Balaban J connectivity index is 1.49. The summed E-state index contributed by atoms with van der Waals surface area (Å²) >= 11 is 1.18. The third-order valence-corrected chi connectivity index (χ3v) is 6.69. The highest BCUT2D eigenvalue weighted by Crippen LogP contribution is 2.53. The number of hydrogen-bond donors (Lipinski definition) is 0. The van der Waals surface area contributed by atoms with Crippen molar-refractivity contribution in [1.29, 1.82) is 0 Å². The van der Waals surface area contributed by atoms with E-state index in [0.29, 0.717) is 37.6 Å². The molecule has 9 heteroatoms. The van der Waals surface area contributed by atoms with Gasteiger partial charge in [0.05, 0.1) is 5.52 Å². The number of aryl methyl sites for hydroxylation is 1. The van der Waals surface area contributed by atoms with E-state index in [2.05, 4.69) is 27.2 Å². The fourth-order valence-corrected chi connectivity index (χ4v) is 5.26. The SMILES string of the molecule is Cc1cc(C(F)(F)F)nc2sc3c(ncn4nc(C5CC5c5ccccc5)nc34)c12. The highest BCUT2D eigenvalue weighted by Gasteiger charge is 2.42. The molecule has 4 heterocycles. The second-order valence-corrected chi connectivity index (χ2v) is 8.62. The number of alkyl halides is 3. The van der Waals surface area contributed by atoms with Gasteiger partial charge < -0.3 is 0 Å². The number of halogens is 3. The highest BCUT2D eigenvalue weighted by molar-refractivity contribution is 7.26. The molecule has 2 unspecified atom stereocenters. The van der Waals surface area contributed by atoms with E-state index in [-0.39, 0.29) is 5.92 Å². The Morgan fingerprint density at radius 1 is 1.10 bits per heavy atom. The van der Waals surface area contributed by atoms with Crippen molar-refractivity contribution in [2.45, 2.75) is 31.4 Å². The molecular formula is C21H14F3N5S. The zero-order chi connectivity index (χ0) is 20.6. The quantitative estimate of drug-likeness (QED) is 0.376. The summed E-state index contributed by atoms with van der Waals surface area (Å²) < 4.78 is 41.9. The third kappa shape index (κ3) is 2.61. The summed E-state index contributed by atoms with van der Waals surface area (Å²) in [5.74, 6) is 1.39. The maximum atomic E-state index is 13.2. The Kier molecular flexibility index (Phi) is 3.54. The Labute approximate surface area is 172 Å². The number of pyridine rings is 1. The molecule has 4 aromatic heterocycles. The van der Waals surface area contributed by atoms with Gasteiger partial charge in [-0.25, -0.2) is 19.5 Å². The molecule has 30 heavy (non-hydrogen) atoms. The lowest BCUT2D eigenvalue weighted by molar-refractivity contribution is -0.141. The van der Waals surface area contributed by atoms with E-state index in [0.717, 1.165) is 18.3 Å². The first kappa shape index (κ1) is 17.8. The number of thiophene rings is 1. The van der Waals surface area contributed by atoms with Gasteiger partial charge in [-0.2, -0.15) is 13.2 Å². The average Bonchev–Trinajstić information content (AvgIpc) is 3.23. The smallest absolute Gasteiger partial charge is 0.234 e. The van der Waals surface area contributed by atoms with Crippen LogP contribution in [-0.2, 0) is 6.18 Å². The predicted molar refractivity (Wildman–Crippen MR) is 108 cm³/mol. The van der Waals surface area contributed by atoms with Gasteiger partial charge in [0.2, 0.25) is 0 Å². The van der Waals surface area contributed by atoms with Gasteiger partial charge in [-0.3, -0.25) is 0 Å². The number of nitrogens with zero attached hydrogens (tertiary/aromatic N) is 5. The minimum atomic E-state index is -4.49. The first-order valence-electron chi connectivity index (χ1n) is 9.47. The van der Waals surface area contributed by atoms with Crippen molar-refractivity contribution in [1.82, 2.24) is 24.6 Å². The van der Waals surface area contributed by atoms with Crippen LogP contribution in [0.25, 0.3) is 26.1 Å². The molecule has 1 saturated carbocycles. The molecule has 0 aliphatic heterocycles. The van der Waals surface area contributed by atoms with Gasteiger partial charge in [0.1, 0.15) is 21.6 Å². The molecule has 1 aliphatic rings. The standard InChI is InChI=1S/C21H14F3N5S/c1-10-7-14(21(22,23)24)26-20-15(10)16-17(30-20)19-27-18(28-29(19)9-25-16)13-8-12(13)11-5-3-2-4-6-11/h2-7,9,12-13H,8H2,1H3. The Bertz CT molecular complexity index is 1440. The van der Waals surface area contributed by atoms with Crippen molar-refractivity contribution in [3.8, 4) is 0 Å². The van der Waals surface area contributed by atoms with E-state index in [1.807, 2.05) is 18.2 Å². The van der Waals surface area contributed by atoms with Crippen LogP contribution in [0.4, 0.5) is 13.2 Å². The van der Waals surface area contributed by atoms with Gasteiger partial charge in [-0.1, -0.05) is 30.3 Å². The van der Waals surface area contributed by atoms with Crippen LogP contribution in [0.15, 0.2) is 42.7 Å². The van der Waals surface area contributed by atoms with Crippen LogP contribution in [0.5, 0.6) is 0 Å². The van der Waals surface area contributed by atoms with Crippen LogP contribution in [-0.4, -0.2) is 24.6 Å². The largest absolute Gasteiger partial charge is 0.433 e. The van der Waals surface area contributed by atoms with Crippen molar-refractivity contribution in [3.05, 3.63) is 65.4 Å². The summed E-state index contributed by atoms with van der Waals surface area (Å²) in [7, 11) is 0. The monoisotopic (exact) mass is 425 g/mol. The van der Waals surface area contributed by atoms with Crippen LogP contribution >= 0.6 is 11.3 Å². The van der Waals surface area contributed by atoms with Crippen LogP contribution in [0.1, 0.15) is 40.9 Å². The molecule has 0 bridgehead atoms. The molecule has 150 valence electrons. The topological polar surface area (TPSA) is 56.0 Å². The predicted octanol–water partition coefficient (Wildman–Crippen LogP) is 5.49. The van der Waals surface area contributed by atoms with Gasteiger partial charge in [-0.15, -0.1) is 16.4 Å². The second-order valence-electron chi connectivity index (χ2n) is 7.62. The molecule has 1 fully saturated rings. The minimum absolute atomic E-state index is 0.244. The zero-order valence-electron chi connectivity index (χ0n) is 15.7. The first-order chi connectivity index (χ1) is 14.4. The fourth-order valence-electron chi connectivity index (χ4n) is 4.08. The number of benzene rings is 1. The molecular weight excluding hydrogens is 411 g/mol. The Hall–Kier alpha value is -3.07. The molecule has 0 saturated heterocycles. The number of rotatable bonds is 2. The van der Waals surface area contributed by atoms with Crippen LogP contribution in [0.3, 0.4) is 0 Å². The van der Waals surface area contributed by atoms with Gasteiger partial charge in [-0.05, 0) is 36.5 Å². The van der Waals surface area contributed by atoms with E-state index < -0.39 is 11.9 Å². The minimum Gasteiger partial charge on any atom is -0.234 e. The van der Waals surface area contributed by atoms with Gasteiger partial charge in [0.25, 0.3) is 0 Å². The van der Waals surface area contributed by atoms with E-state index >= 15 is 0 Å². The molecule has 6 rings (SSSR count). The van der Waals surface area contributed by atoms with Crippen molar-refractivity contribution < 1.29 is 13.2 Å². The van der Waals surface area contributed by atoms with E-state index in [4.69, 9.17) is 4.98 Å². The zero-order valence-corrected chi connectivity index (χ0v) is 16.5. The summed E-state index contributed by atoms with van der Waals surface area (Å²) in [6.45, 7) is 1.65. The number of hydrogen-bond acceptors (Lipinski definition) is 5. The van der Waals surface area contributed by atoms with Crippen molar-refractivity contribution in [3.63, 3.8) is 0 Å². The summed E-state index contributed by atoms with van der Waals surface area (Å²) in [4.78, 5) is 13.4. The molecule has 2 atom stereocenters. The number of fused-ring (bicyclic) bond motifs is 5. The Morgan fingerprint density at radius 2 is 1.90 bits per heavy atom. The molecule has 5 aromatic rings.